The summed E-state index contributed by atoms with van der Waals surface area (Å²) in [6.45, 7) is 10.7. The Morgan fingerprint density at radius 2 is 1.00 bits per heavy atom. The lowest BCUT2D eigenvalue weighted by Crippen LogP contribution is -1.95. The molecule has 0 aliphatic carbocycles. The van der Waals surface area contributed by atoms with Crippen molar-refractivity contribution in [2.75, 3.05) is 0 Å². The minimum Gasteiger partial charge on any atom is -0.255 e. The van der Waals surface area contributed by atoms with Gasteiger partial charge in [0.25, 0.3) is 0 Å². The third-order valence-electron chi connectivity index (χ3n) is 6.95. The van der Waals surface area contributed by atoms with Gasteiger partial charge in [-0.2, -0.15) is 0 Å². The van der Waals surface area contributed by atoms with Gasteiger partial charge in [-0.3, -0.25) is 20.0 Å². The van der Waals surface area contributed by atoms with E-state index in [2.05, 4.69) is 96.9 Å². The normalized spacial score (nSPS) is 11.6. The van der Waals surface area contributed by atoms with E-state index in [4.69, 9.17) is 9.98 Å². The molecule has 0 bridgehead atoms. The van der Waals surface area contributed by atoms with Gasteiger partial charge in [0.1, 0.15) is 0 Å². The van der Waals surface area contributed by atoms with Gasteiger partial charge < -0.3 is 0 Å². The number of benzene rings is 3. The van der Waals surface area contributed by atoms with Crippen molar-refractivity contribution < 1.29 is 0 Å². The van der Waals surface area contributed by atoms with E-state index < -0.39 is 0 Å². The molecule has 0 amide bonds. The molecule has 40 heavy (non-hydrogen) atoms. The minimum atomic E-state index is 0.840. The smallest absolute Gasteiger partial charge is 0.0812 e. The molecule has 0 atom stereocenters. The van der Waals surface area contributed by atoms with Crippen molar-refractivity contribution in [2.24, 2.45) is 9.98 Å². The van der Waals surface area contributed by atoms with Crippen LogP contribution in [0, 0.1) is 34.6 Å². The summed E-state index contributed by atoms with van der Waals surface area (Å²) in [6, 6.07) is 24.9. The van der Waals surface area contributed by atoms with Crippen LogP contribution in [0.3, 0.4) is 0 Å². The zero-order chi connectivity index (χ0) is 28.2. The molecule has 0 N–H and O–H groups in total. The molecule has 0 aliphatic heterocycles. The summed E-state index contributed by atoms with van der Waals surface area (Å²) in [7, 11) is 0. The Morgan fingerprint density at radius 3 is 1.43 bits per heavy atom. The van der Waals surface area contributed by atoms with Gasteiger partial charge in [0.15, 0.2) is 0 Å². The van der Waals surface area contributed by atoms with Gasteiger partial charge in [-0.15, -0.1) is 0 Å². The van der Waals surface area contributed by atoms with Crippen LogP contribution in [0.2, 0.25) is 0 Å². The lowest BCUT2D eigenvalue weighted by Gasteiger charge is -2.19. The fourth-order valence-corrected chi connectivity index (χ4v) is 5.67. The SMILES string of the molecule is Cc1cc(-c2c(C)ccc(Br)c2-c2cc(C)c(N=Cc3ccccn3)c(C)c2)cc(C)c1N=Cc1ccccn1. The van der Waals surface area contributed by atoms with Gasteiger partial charge in [0, 0.05) is 22.4 Å². The number of aryl methyl sites for hydroxylation is 5. The lowest BCUT2D eigenvalue weighted by molar-refractivity contribution is 1.28. The predicted molar refractivity (Wildman–Crippen MR) is 172 cm³/mol. The number of pyridine rings is 2. The first-order valence-electron chi connectivity index (χ1n) is 13.2. The van der Waals surface area contributed by atoms with Crippen LogP contribution >= 0.6 is 15.9 Å². The Kier molecular flexibility index (Phi) is 8.13. The molecule has 5 rings (SSSR count). The summed E-state index contributed by atoms with van der Waals surface area (Å²) in [6.07, 6.45) is 7.22. The molecular formula is C35H31BrN4. The van der Waals surface area contributed by atoms with Crippen LogP contribution in [-0.4, -0.2) is 22.4 Å². The van der Waals surface area contributed by atoms with Crippen LogP contribution in [0.4, 0.5) is 11.4 Å². The van der Waals surface area contributed by atoms with Crippen molar-refractivity contribution >= 4 is 39.7 Å². The van der Waals surface area contributed by atoms with Crippen molar-refractivity contribution in [1.29, 1.82) is 0 Å². The number of rotatable bonds is 6. The zero-order valence-corrected chi connectivity index (χ0v) is 25.0. The summed E-state index contributed by atoms with van der Waals surface area (Å²) in [4.78, 5) is 18.3. The highest BCUT2D eigenvalue weighted by atomic mass is 79.9. The molecule has 3 aromatic carbocycles. The quantitative estimate of drug-likeness (QED) is 0.186. The summed E-state index contributed by atoms with van der Waals surface area (Å²) >= 11 is 3.88. The predicted octanol–water partition coefficient (Wildman–Crippen LogP) is 9.62. The van der Waals surface area contributed by atoms with Crippen LogP contribution in [0.5, 0.6) is 0 Å². The molecule has 4 nitrogen and oxygen atoms in total. The second-order valence-electron chi connectivity index (χ2n) is 10.1. The number of hydrogen-bond acceptors (Lipinski definition) is 4. The number of aromatic nitrogens is 2. The highest BCUT2D eigenvalue weighted by Gasteiger charge is 2.18. The summed E-state index contributed by atoms with van der Waals surface area (Å²) in [5.41, 5.74) is 14.1. The van der Waals surface area contributed by atoms with Gasteiger partial charge in [0.05, 0.1) is 35.2 Å². The summed E-state index contributed by atoms with van der Waals surface area (Å²) < 4.78 is 1.06. The maximum Gasteiger partial charge on any atom is 0.0812 e. The second kappa shape index (κ2) is 11.9. The molecule has 0 saturated heterocycles. The van der Waals surface area contributed by atoms with Gasteiger partial charge in [-0.1, -0.05) is 34.1 Å². The molecule has 5 heteroatoms. The standard InChI is InChI=1S/C35H31BrN4/c1-22-12-13-31(36)33(28-18-25(4)35(26(5)19-28)40-21-30-11-7-9-15-38-30)32(22)27-16-23(2)34(24(3)17-27)39-20-29-10-6-8-14-37-29/h6-21H,1-5H3. The Hall–Kier alpha value is -4.22. The third kappa shape index (κ3) is 5.85. The molecule has 2 aromatic heterocycles. The Bertz CT molecular complexity index is 1560. The molecule has 198 valence electrons. The Morgan fingerprint density at radius 1 is 0.550 bits per heavy atom. The minimum absolute atomic E-state index is 0.840. The number of nitrogens with zero attached hydrogens (tertiary/aromatic N) is 4. The van der Waals surface area contributed by atoms with E-state index in [9.17, 15) is 0 Å². The van der Waals surface area contributed by atoms with Crippen molar-refractivity contribution in [2.45, 2.75) is 34.6 Å². The fraction of sp³-hybridized carbons (Fsp3) is 0.143. The third-order valence-corrected chi connectivity index (χ3v) is 7.61. The van der Waals surface area contributed by atoms with Crippen molar-refractivity contribution in [1.82, 2.24) is 9.97 Å². The summed E-state index contributed by atoms with van der Waals surface area (Å²) in [5.74, 6) is 0. The molecule has 0 fully saturated rings. The molecule has 0 spiro atoms. The lowest BCUT2D eigenvalue weighted by atomic mass is 9.88. The molecule has 0 radical (unpaired) electrons. The van der Waals surface area contributed by atoms with Gasteiger partial charge in [-0.05, 0) is 134 Å². The van der Waals surface area contributed by atoms with Crippen molar-refractivity contribution in [3.05, 3.63) is 129 Å². The molecule has 0 saturated carbocycles. The Labute approximate surface area is 244 Å². The Balaban J connectivity index is 1.57. The van der Waals surface area contributed by atoms with Crippen molar-refractivity contribution in [3.8, 4) is 22.3 Å². The van der Waals surface area contributed by atoms with Crippen LogP contribution in [-0.2, 0) is 0 Å². The van der Waals surface area contributed by atoms with Gasteiger partial charge in [-0.25, -0.2) is 0 Å². The zero-order valence-electron chi connectivity index (χ0n) is 23.4. The van der Waals surface area contributed by atoms with Gasteiger partial charge in [0.2, 0.25) is 0 Å². The maximum absolute atomic E-state index is 4.79. The topological polar surface area (TPSA) is 50.5 Å². The van der Waals surface area contributed by atoms with E-state index in [-0.39, 0.29) is 0 Å². The van der Waals surface area contributed by atoms with E-state index in [0.29, 0.717) is 0 Å². The first kappa shape index (κ1) is 27.4. The van der Waals surface area contributed by atoms with Crippen LogP contribution in [0.25, 0.3) is 22.3 Å². The number of aliphatic imine (C=N–C) groups is 2. The second-order valence-corrected chi connectivity index (χ2v) is 10.9. The van der Waals surface area contributed by atoms with E-state index >= 15 is 0 Å². The average molecular weight is 588 g/mol. The van der Waals surface area contributed by atoms with Crippen LogP contribution < -0.4 is 0 Å². The highest BCUT2D eigenvalue weighted by Crippen LogP contribution is 2.43. The molecular weight excluding hydrogens is 556 g/mol. The summed E-state index contributed by atoms with van der Waals surface area (Å²) in [5, 5.41) is 0. The molecule has 0 unspecified atom stereocenters. The average Bonchev–Trinajstić information content (AvgIpc) is 2.94. The van der Waals surface area contributed by atoms with Crippen LogP contribution in [0.1, 0.15) is 39.2 Å². The number of hydrogen-bond donors (Lipinski definition) is 0. The van der Waals surface area contributed by atoms with E-state index in [1.165, 1.54) is 22.3 Å². The molecule has 2 heterocycles. The van der Waals surface area contributed by atoms with Gasteiger partial charge >= 0.3 is 0 Å². The molecule has 0 aliphatic rings. The largest absolute Gasteiger partial charge is 0.255 e. The van der Waals surface area contributed by atoms with Crippen LogP contribution in [0.15, 0.2) is 99.6 Å². The van der Waals surface area contributed by atoms with E-state index in [1.54, 1.807) is 12.4 Å². The van der Waals surface area contributed by atoms with E-state index in [1.807, 2.05) is 48.8 Å². The monoisotopic (exact) mass is 586 g/mol. The molecule has 5 aromatic rings. The first-order chi connectivity index (χ1) is 19.3. The fourth-order valence-electron chi connectivity index (χ4n) is 5.11. The highest BCUT2D eigenvalue weighted by molar-refractivity contribution is 9.10. The maximum atomic E-state index is 4.79. The number of halogens is 1. The van der Waals surface area contributed by atoms with Crippen molar-refractivity contribution in [3.63, 3.8) is 0 Å². The van der Waals surface area contributed by atoms with E-state index in [0.717, 1.165) is 55.1 Å². The first-order valence-corrected chi connectivity index (χ1v) is 14.0.